The second kappa shape index (κ2) is 9.42. The van der Waals surface area contributed by atoms with E-state index in [4.69, 9.17) is 14.7 Å². The van der Waals surface area contributed by atoms with Gasteiger partial charge in [-0.3, -0.25) is 10.00 Å². The third-order valence-corrected chi connectivity index (χ3v) is 6.93. The van der Waals surface area contributed by atoms with E-state index in [1.807, 2.05) is 25.3 Å². The molecule has 0 radical (unpaired) electrons. The summed E-state index contributed by atoms with van der Waals surface area (Å²) in [4.78, 5) is 19.8. The normalized spacial score (nSPS) is 17.1. The van der Waals surface area contributed by atoms with Crippen molar-refractivity contribution < 1.29 is 4.74 Å². The van der Waals surface area contributed by atoms with Crippen LogP contribution in [0.2, 0.25) is 0 Å². The van der Waals surface area contributed by atoms with Crippen molar-refractivity contribution >= 4 is 38.3 Å². The molecule has 0 aliphatic carbocycles. The van der Waals surface area contributed by atoms with Crippen LogP contribution in [0.25, 0.3) is 21.6 Å². The van der Waals surface area contributed by atoms with Crippen LogP contribution in [0.3, 0.4) is 0 Å². The smallest absolute Gasteiger partial charge is 0.190 e. The fourth-order valence-corrected chi connectivity index (χ4v) is 5.04. The number of rotatable bonds is 7. The minimum Gasteiger partial charge on any atom is -0.383 e. The zero-order valence-corrected chi connectivity index (χ0v) is 19.9. The quantitative estimate of drug-likeness (QED) is 0.428. The Hall–Kier alpha value is -3.08. The highest BCUT2D eigenvalue weighted by atomic mass is 32.1. The van der Waals surface area contributed by atoms with Crippen LogP contribution in [-0.2, 0) is 4.74 Å². The summed E-state index contributed by atoms with van der Waals surface area (Å²) in [6, 6.07) is 8.62. The molecule has 0 bridgehead atoms. The predicted molar refractivity (Wildman–Crippen MR) is 132 cm³/mol. The van der Waals surface area contributed by atoms with Gasteiger partial charge in [-0.05, 0) is 32.0 Å². The maximum atomic E-state index is 5.24. The van der Waals surface area contributed by atoms with E-state index in [1.54, 1.807) is 13.3 Å². The molecule has 4 aromatic heterocycles. The van der Waals surface area contributed by atoms with Crippen molar-refractivity contribution in [2.45, 2.75) is 19.9 Å². The first-order valence-electron chi connectivity index (χ1n) is 11.1. The van der Waals surface area contributed by atoms with E-state index in [0.717, 1.165) is 71.0 Å². The molecule has 1 aliphatic heterocycles. The number of aromatic amines is 1. The number of anilines is 3. The second-order valence-corrected chi connectivity index (χ2v) is 9.27. The molecule has 1 atom stereocenters. The number of thiazole rings is 1. The summed E-state index contributed by atoms with van der Waals surface area (Å²) in [5.41, 5.74) is 4.93. The molecule has 0 aromatic carbocycles. The monoisotopic (exact) mass is 464 g/mol. The molecule has 1 saturated heterocycles. The van der Waals surface area contributed by atoms with Gasteiger partial charge in [0.05, 0.1) is 18.5 Å². The molecule has 172 valence electrons. The number of fused-ring (bicyclic) bond motifs is 1. The van der Waals surface area contributed by atoms with E-state index >= 15 is 0 Å². The maximum Gasteiger partial charge on any atom is 0.190 e. The predicted octanol–water partition coefficient (Wildman–Crippen LogP) is 3.69. The van der Waals surface area contributed by atoms with Gasteiger partial charge in [0, 0.05) is 68.5 Å². The van der Waals surface area contributed by atoms with E-state index in [0.29, 0.717) is 6.04 Å². The zero-order valence-electron chi connectivity index (χ0n) is 19.1. The fraction of sp³-hybridized carbons (Fsp3) is 0.391. The minimum absolute atomic E-state index is 0.474. The summed E-state index contributed by atoms with van der Waals surface area (Å²) in [7, 11) is 1.76. The van der Waals surface area contributed by atoms with Crippen LogP contribution in [0.15, 0.2) is 36.7 Å². The Bertz CT molecular complexity index is 1240. The number of hydrogen-bond acceptors (Lipinski definition) is 9. The molecule has 5 rings (SSSR count). The Morgan fingerprint density at radius 3 is 2.94 bits per heavy atom. The highest BCUT2D eigenvalue weighted by Crippen LogP contribution is 2.30. The lowest BCUT2D eigenvalue weighted by molar-refractivity contribution is 0.117. The number of nitrogens with zero attached hydrogens (tertiary/aromatic N) is 6. The summed E-state index contributed by atoms with van der Waals surface area (Å²) in [5.74, 6) is 0.784. The van der Waals surface area contributed by atoms with Gasteiger partial charge in [-0.2, -0.15) is 5.10 Å². The second-order valence-electron chi connectivity index (χ2n) is 8.30. The molecular weight excluding hydrogens is 436 g/mol. The summed E-state index contributed by atoms with van der Waals surface area (Å²) < 4.78 is 5.24. The molecule has 2 N–H and O–H groups in total. The topological polar surface area (TPSA) is 95.1 Å². The van der Waals surface area contributed by atoms with Crippen molar-refractivity contribution in [1.82, 2.24) is 30.0 Å². The molecule has 9 nitrogen and oxygen atoms in total. The highest BCUT2D eigenvalue weighted by molar-refractivity contribution is 7.21. The third kappa shape index (κ3) is 4.68. The Labute approximate surface area is 196 Å². The number of pyridine rings is 2. The minimum atomic E-state index is 0.474. The Kier molecular flexibility index (Phi) is 6.21. The van der Waals surface area contributed by atoms with E-state index < -0.39 is 0 Å². The van der Waals surface area contributed by atoms with Crippen LogP contribution in [0, 0.1) is 6.92 Å². The van der Waals surface area contributed by atoms with Gasteiger partial charge in [-0.25, -0.2) is 15.0 Å². The number of aromatic nitrogens is 5. The van der Waals surface area contributed by atoms with Gasteiger partial charge in [0.2, 0.25) is 0 Å². The average molecular weight is 465 g/mol. The van der Waals surface area contributed by atoms with Crippen LogP contribution in [0.4, 0.5) is 16.6 Å². The Morgan fingerprint density at radius 1 is 1.24 bits per heavy atom. The zero-order chi connectivity index (χ0) is 22.8. The number of nitrogens with one attached hydrogen (secondary N) is 2. The molecule has 0 saturated carbocycles. The molecule has 1 fully saturated rings. The average Bonchev–Trinajstić information content (AvgIpc) is 3.43. The van der Waals surface area contributed by atoms with E-state index in [-0.39, 0.29) is 0 Å². The van der Waals surface area contributed by atoms with E-state index in [2.05, 4.69) is 49.4 Å². The molecule has 0 unspecified atom stereocenters. The lowest BCUT2D eigenvalue weighted by Gasteiger charge is -2.41. The molecule has 4 aromatic rings. The first-order valence-corrected chi connectivity index (χ1v) is 11.9. The molecule has 33 heavy (non-hydrogen) atoms. The number of hydrogen-bond donors (Lipinski definition) is 2. The molecule has 0 spiro atoms. The van der Waals surface area contributed by atoms with Crippen molar-refractivity contribution in [3.8, 4) is 11.3 Å². The van der Waals surface area contributed by atoms with Gasteiger partial charge in [-0.15, -0.1) is 0 Å². The Morgan fingerprint density at radius 2 is 2.15 bits per heavy atom. The SMILES string of the molecule is COCCN1CCN(c2ccnc(Nc3nc4ccc(-c5cn[nH]c5C)nc4s3)c2)C[C@H]1C. The fourth-order valence-electron chi connectivity index (χ4n) is 4.19. The van der Waals surface area contributed by atoms with Crippen molar-refractivity contribution in [1.29, 1.82) is 0 Å². The first-order chi connectivity index (χ1) is 16.1. The Balaban J connectivity index is 1.30. The largest absolute Gasteiger partial charge is 0.383 e. The van der Waals surface area contributed by atoms with Crippen LogP contribution < -0.4 is 10.2 Å². The van der Waals surface area contributed by atoms with Gasteiger partial charge in [0.25, 0.3) is 0 Å². The number of ether oxygens (including phenoxy) is 1. The standard InChI is InChI=1S/C23H28N8OS/c1-15-14-31(9-8-30(15)10-11-32-3)17-6-7-24-21(12-17)28-23-27-20-5-4-19(26-22(20)33-23)18-13-25-29-16(18)2/h4-7,12-13,15H,8-11,14H2,1-3H3,(H,25,29)(H,24,27,28)/t15-/m1/s1. The van der Waals surface area contributed by atoms with Crippen molar-refractivity contribution in [3.63, 3.8) is 0 Å². The van der Waals surface area contributed by atoms with Crippen LogP contribution in [0.1, 0.15) is 12.6 Å². The van der Waals surface area contributed by atoms with E-state index in [9.17, 15) is 0 Å². The van der Waals surface area contributed by atoms with Gasteiger partial charge in [-0.1, -0.05) is 11.3 Å². The van der Waals surface area contributed by atoms with Crippen LogP contribution in [-0.4, -0.2) is 76.0 Å². The highest BCUT2D eigenvalue weighted by Gasteiger charge is 2.23. The lowest BCUT2D eigenvalue weighted by Crippen LogP contribution is -2.52. The molecular formula is C23H28N8OS. The van der Waals surface area contributed by atoms with Gasteiger partial charge >= 0.3 is 0 Å². The number of piperazine rings is 1. The van der Waals surface area contributed by atoms with E-state index in [1.165, 1.54) is 17.0 Å². The van der Waals surface area contributed by atoms with Gasteiger partial charge < -0.3 is 15.0 Å². The van der Waals surface area contributed by atoms with Gasteiger partial charge in [0.1, 0.15) is 16.2 Å². The summed E-state index contributed by atoms with van der Waals surface area (Å²) in [5, 5.41) is 11.2. The first kappa shape index (κ1) is 21.7. The van der Waals surface area contributed by atoms with Crippen LogP contribution >= 0.6 is 11.3 Å². The lowest BCUT2D eigenvalue weighted by atomic mass is 10.1. The molecule has 5 heterocycles. The molecule has 10 heteroatoms. The van der Waals surface area contributed by atoms with Gasteiger partial charge in [0.15, 0.2) is 5.13 Å². The number of methoxy groups -OCH3 is 1. The van der Waals surface area contributed by atoms with Crippen molar-refractivity contribution in [2.75, 3.05) is 50.1 Å². The third-order valence-electron chi connectivity index (χ3n) is 6.05. The van der Waals surface area contributed by atoms with Crippen molar-refractivity contribution in [3.05, 3.63) is 42.4 Å². The maximum absolute atomic E-state index is 5.24. The number of aryl methyl sites for hydroxylation is 1. The van der Waals surface area contributed by atoms with Crippen LogP contribution in [0.5, 0.6) is 0 Å². The number of H-pyrrole nitrogens is 1. The van der Waals surface area contributed by atoms with Crippen molar-refractivity contribution in [2.24, 2.45) is 0 Å². The molecule has 1 aliphatic rings. The summed E-state index contributed by atoms with van der Waals surface area (Å²) in [6.07, 6.45) is 3.66. The summed E-state index contributed by atoms with van der Waals surface area (Å²) in [6.45, 7) is 9.00. The molecule has 0 amide bonds. The summed E-state index contributed by atoms with van der Waals surface area (Å²) >= 11 is 1.52.